The Morgan fingerprint density at radius 3 is 2.23 bits per heavy atom. The summed E-state index contributed by atoms with van der Waals surface area (Å²) >= 11 is 0. The number of para-hydroxylation sites is 2. The number of nitrogens with two attached hydrogens (primary N) is 1. The van der Waals surface area contributed by atoms with Crippen LogP contribution in [0.5, 0.6) is 0 Å². The molecule has 0 amide bonds. The molecule has 0 spiro atoms. The Labute approximate surface area is 232 Å². The van der Waals surface area contributed by atoms with E-state index in [1.165, 1.54) is 57.8 Å². The van der Waals surface area contributed by atoms with Crippen LogP contribution in [-0.4, -0.2) is 50.7 Å². The molecule has 2 N–H and O–H groups in total. The van der Waals surface area contributed by atoms with Gasteiger partial charge < -0.3 is 15.0 Å². The van der Waals surface area contributed by atoms with E-state index in [0.717, 1.165) is 29.9 Å². The lowest BCUT2D eigenvalue weighted by Gasteiger charge is -2.45. The summed E-state index contributed by atoms with van der Waals surface area (Å²) in [6.07, 6.45) is 16.6. The third-order valence-electron chi connectivity index (χ3n) is 10.4. The number of benzene rings is 1. The first-order valence-corrected chi connectivity index (χ1v) is 15.7. The minimum atomic E-state index is -0.953. The summed E-state index contributed by atoms with van der Waals surface area (Å²) in [4.78, 5) is 34.6. The molecule has 0 unspecified atom stereocenters. The van der Waals surface area contributed by atoms with E-state index in [9.17, 15) is 9.59 Å². The van der Waals surface area contributed by atoms with Crippen LogP contribution in [-0.2, 0) is 9.53 Å². The van der Waals surface area contributed by atoms with Gasteiger partial charge in [0.1, 0.15) is 11.2 Å². The number of carbonyl (C=O) groups is 1. The first-order chi connectivity index (χ1) is 19.0. The van der Waals surface area contributed by atoms with Gasteiger partial charge in [-0.2, -0.15) is 0 Å². The minimum absolute atomic E-state index is 0.0196. The smallest absolute Gasteiger partial charge is 0.326 e. The van der Waals surface area contributed by atoms with Crippen LogP contribution in [0.1, 0.15) is 121 Å². The number of nitrogens with zero attached hydrogens (tertiary/aromatic N) is 3. The molecule has 1 aromatic carbocycles. The fourth-order valence-electron chi connectivity index (χ4n) is 8.41. The Kier molecular flexibility index (Phi) is 7.82. The van der Waals surface area contributed by atoms with Crippen LogP contribution in [0, 0.1) is 0 Å². The SMILES string of the molecule is CCOC(=O)C1(N)CCC(c2nc3ccccc3n([C@H]3C[C@H]4CC[C@@H](C3)N4C3CCCCCCC3)c2=O)CC1. The molecule has 2 aliphatic carbocycles. The topological polar surface area (TPSA) is 90.5 Å². The number of ether oxygens (including phenoxy) is 1. The van der Waals surface area contributed by atoms with Crippen LogP contribution >= 0.6 is 0 Å². The highest BCUT2D eigenvalue weighted by Crippen LogP contribution is 2.44. The number of aromatic nitrogens is 2. The van der Waals surface area contributed by atoms with Crippen LogP contribution < -0.4 is 11.3 Å². The second-order valence-electron chi connectivity index (χ2n) is 12.8. The van der Waals surface area contributed by atoms with E-state index in [-0.39, 0.29) is 23.5 Å². The highest BCUT2D eigenvalue weighted by molar-refractivity contribution is 5.80. The molecule has 6 rings (SSSR count). The third-order valence-corrected chi connectivity index (χ3v) is 10.4. The van der Waals surface area contributed by atoms with Gasteiger partial charge in [0, 0.05) is 30.1 Å². The quantitative estimate of drug-likeness (QED) is 0.503. The average Bonchev–Trinajstić information content (AvgIpc) is 3.17. The predicted octanol–water partition coefficient (Wildman–Crippen LogP) is 5.60. The van der Waals surface area contributed by atoms with E-state index in [2.05, 4.69) is 15.5 Å². The fraction of sp³-hybridized carbons (Fsp3) is 0.719. The van der Waals surface area contributed by atoms with E-state index in [0.29, 0.717) is 50.1 Å². The number of rotatable bonds is 5. The fourth-order valence-corrected chi connectivity index (χ4v) is 8.41. The van der Waals surface area contributed by atoms with Gasteiger partial charge in [0.2, 0.25) is 0 Å². The molecule has 3 atom stereocenters. The summed E-state index contributed by atoms with van der Waals surface area (Å²) in [7, 11) is 0. The van der Waals surface area contributed by atoms with Gasteiger partial charge in [0.05, 0.1) is 17.6 Å². The second kappa shape index (κ2) is 11.3. The molecule has 4 aliphatic rings. The molecule has 2 saturated carbocycles. The molecular weight excluding hydrogens is 488 g/mol. The monoisotopic (exact) mass is 534 g/mol. The molecule has 2 aliphatic heterocycles. The van der Waals surface area contributed by atoms with Gasteiger partial charge in [-0.3, -0.25) is 14.5 Å². The highest BCUT2D eigenvalue weighted by Gasteiger charge is 2.45. The predicted molar refractivity (Wildman–Crippen MR) is 154 cm³/mol. The number of carbonyl (C=O) groups excluding carboxylic acids is 1. The van der Waals surface area contributed by atoms with Crippen molar-refractivity contribution in [3.05, 3.63) is 40.3 Å². The summed E-state index contributed by atoms with van der Waals surface area (Å²) in [5, 5.41) is 0. The van der Waals surface area contributed by atoms with E-state index >= 15 is 0 Å². The molecule has 212 valence electrons. The lowest BCUT2D eigenvalue weighted by Crippen LogP contribution is -2.52. The first-order valence-electron chi connectivity index (χ1n) is 15.7. The number of hydrogen-bond donors (Lipinski definition) is 1. The van der Waals surface area contributed by atoms with Crippen molar-refractivity contribution in [3.8, 4) is 0 Å². The molecule has 3 heterocycles. The van der Waals surface area contributed by atoms with Gasteiger partial charge in [-0.15, -0.1) is 0 Å². The molecular formula is C32H46N4O3. The normalized spacial score (nSPS) is 32.6. The highest BCUT2D eigenvalue weighted by atomic mass is 16.5. The van der Waals surface area contributed by atoms with Crippen molar-refractivity contribution in [1.29, 1.82) is 0 Å². The van der Waals surface area contributed by atoms with Crippen molar-refractivity contribution in [1.82, 2.24) is 14.5 Å². The van der Waals surface area contributed by atoms with Gasteiger partial charge in [-0.1, -0.05) is 44.2 Å². The maximum atomic E-state index is 14.2. The van der Waals surface area contributed by atoms with Crippen molar-refractivity contribution in [3.63, 3.8) is 0 Å². The molecule has 7 nitrogen and oxygen atoms in total. The summed E-state index contributed by atoms with van der Waals surface area (Å²) in [6.45, 7) is 2.14. The Morgan fingerprint density at radius 2 is 1.56 bits per heavy atom. The summed E-state index contributed by atoms with van der Waals surface area (Å²) in [6, 6.07) is 10.3. The Balaban J connectivity index is 1.27. The summed E-state index contributed by atoms with van der Waals surface area (Å²) in [5.41, 5.74) is 8.10. The van der Waals surface area contributed by atoms with E-state index in [1.807, 2.05) is 25.1 Å². The number of fused-ring (bicyclic) bond motifs is 3. The van der Waals surface area contributed by atoms with Gasteiger partial charge in [0.15, 0.2) is 0 Å². The van der Waals surface area contributed by atoms with Gasteiger partial charge in [-0.05, 0) is 83.3 Å². The van der Waals surface area contributed by atoms with Crippen LogP contribution in [0.25, 0.3) is 11.0 Å². The molecule has 4 fully saturated rings. The third kappa shape index (κ3) is 5.17. The zero-order valence-electron chi connectivity index (χ0n) is 23.7. The Hall–Kier alpha value is -2.25. The maximum Gasteiger partial charge on any atom is 0.326 e. The molecule has 2 aromatic rings. The van der Waals surface area contributed by atoms with Crippen LogP contribution in [0.4, 0.5) is 0 Å². The van der Waals surface area contributed by atoms with Crippen molar-refractivity contribution >= 4 is 17.0 Å². The summed E-state index contributed by atoms with van der Waals surface area (Å²) in [5.74, 6) is -0.301. The summed E-state index contributed by atoms with van der Waals surface area (Å²) < 4.78 is 7.37. The van der Waals surface area contributed by atoms with Gasteiger partial charge >= 0.3 is 5.97 Å². The molecule has 39 heavy (non-hydrogen) atoms. The first kappa shape index (κ1) is 26.9. The van der Waals surface area contributed by atoms with Gasteiger partial charge in [-0.25, -0.2) is 4.98 Å². The Morgan fingerprint density at radius 1 is 0.923 bits per heavy atom. The molecule has 2 bridgehead atoms. The van der Waals surface area contributed by atoms with Crippen LogP contribution in [0.3, 0.4) is 0 Å². The number of piperidine rings is 1. The molecule has 7 heteroatoms. The van der Waals surface area contributed by atoms with Gasteiger partial charge in [0.25, 0.3) is 5.56 Å². The molecule has 2 saturated heterocycles. The Bertz CT molecular complexity index is 1210. The standard InChI is InChI=1S/C32H46N4O3/c1-2-39-31(38)32(33)18-16-22(17-19-32)29-30(37)36(28-13-9-8-12-27(28)34-29)26-20-24-14-15-25(21-26)35(24)23-10-6-4-3-5-7-11-23/h8-9,12-13,22-26H,2-7,10-11,14-21,33H2,1H3/t22?,24-,25+,26+,32?. The van der Waals surface area contributed by atoms with E-state index < -0.39 is 5.54 Å². The molecule has 1 aromatic heterocycles. The molecule has 0 radical (unpaired) electrons. The lowest BCUT2D eigenvalue weighted by atomic mass is 9.76. The van der Waals surface area contributed by atoms with Crippen molar-refractivity contribution in [2.75, 3.05) is 6.61 Å². The minimum Gasteiger partial charge on any atom is -0.465 e. The maximum absolute atomic E-state index is 14.2. The van der Waals surface area contributed by atoms with Crippen molar-refractivity contribution < 1.29 is 9.53 Å². The van der Waals surface area contributed by atoms with Crippen molar-refractivity contribution in [2.24, 2.45) is 5.73 Å². The second-order valence-corrected chi connectivity index (χ2v) is 12.8. The zero-order chi connectivity index (χ0) is 27.0. The van der Waals surface area contributed by atoms with E-state index in [1.54, 1.807) is 0 Å². The van der Waals surface area contributed by atoms with Crippen LogP contribution in [0.2, 0.25) is 0 Å². The lowest BCUT2D eigenvalue weighted by molar-refractivity contribution is -0.151. The van der Waals surface area contributed by atoms with Crippen LogP contribution in [0.15, 0.2) is 29.1 Å². The number of esters is 1. The van der Waals surface area contributed by atoms with E-state index in [4.69, 9.17) is 15.5 Å². The zero-order valence-corrected chi connectivity index (χ0v) is 23.7. The van der Waals surface area contributed by atoms with Crippen molar-refractivity contribution in [2.45, 2.75) is 139 Å². The number of hydrogen-bond acceptors (Lipinski definition) is 6. The largest absolute Gasteiger partial charge is 0.465 e. The average molecular weight is 535 g/mol.